The van der Waals surface area contributed by atoms with E-state index in [-0.39, 0.29) is 5.78 Å². The first-order valence-corrected chi connectivity index (χ1v) is 7.21. The maximum absolute atomic E-state index is 12.8. The van der Waals surface area contributed by atoms with E-state index in [2.05, 4.69) is 6.07 Å². The van der Waals surface area contributed by atoms with Gasteiger partial charge in [0.25, 0.3) is 0 Å². The van der Waals surface area contributed by atoms with E-state index in [1.54, 1.807) is 0 Å². The van der Waals surface area contributed by atoms with Crippen LogP contribution in [0.1, 0.15) is 15.9 Å². The van der Waals surface area contributed by atoms with Crippen LogP contribution in [0.3, 0.4) is 0 Å². The number of carbonyl (C=O) groups is 1. The van der Waals surface area contributed by atoms with Gasteiger partial charge in [-0.05, 0) is 18.2 Å². The van der Waals surface area contributed by atoms with Crippen molar-refractivity contribution in [2.24, 2.45) is 0 Å². The van der Waals surface area contributed by atoms with Crippen molar-refractivity contribution in [2.75, 3.05) is 0 Å². The summed E-state index contributed by atoms with van der Waals surface area (Å²) in [5.74, 6) is 0.00832. The van der Waals surface area contributed by atoms with Gasteiger partial charge in [-0.3, -0.25) is 4.79 Å². The molecule has 0 saturated carbocycles. The lowest BCUT2D eigenvalue weighted by Crippen LogP contribution is -2.02. The van der Waals surface area contributed by atoms with E-state index < -0.39 is 0 Å². The lowest BCUT2D eigenvalue weighted by atomic mass is 9.99. The first-order chi connectivity index (χ1) is 10.8. The highest BCUT2D eigenvalue weighted by Gasteiger charge is 2.13. The lowest BCUT2D eigenvalue weighted by Gasteiger charge is -2.07. The summed E-state index contributed by atoms with van der Waals surface area (Å²) in [5, 5.41) is 2.07. The Morgan fingerprint density at radius 3 is 2.32 bits per heavy atom. The van der Waals surface area contributed by atoms with Crippen LogP contribution in [0.4, 0.5) is 0 Å². The van der Waals surface area contributed by atoms with Crippen LogP contribution in [0.25, 0.3) is 21.8 Å². The highest BCUT2D eigenvalue weighted by molar-refractivity contribution is 6.16. The van der Waals surface area contributed by atoms with Gasteiger partial charge in [-0.1, -0.05) is 60.7 Å². The molecule has 0 aliphatic heterocycles. The molecule has 22 heavy (non-hydrogen) atoms. The van der Waals surface area contributed by atoms with Gasteiger partial charge in [-0.15, -0.1) is 0 Å². The molecule has 0 atom stereocenters. The molecule has 0 saturated heterocycles. The van der Waals surface area contributed by atoms with Gasteiger partial charge in [-0.2, -0.15) is 0 Å². The third kappa shape index (κ3) is 2.06. The third-order valence-electron chi connectivity index (χ3n) is 3.83. The molecule has 1 aromatic heterocycles. The van der Waals surface area contributed by atoms with Crippen LogP contribution in [0.15, 0.2) is 78.9 Å². The Morgan fingerprint density at radius 1 is 0.727 bits per heavy atom. The summed E-state index contributed by atoms with van der Waals surface area (Å²) in [6.07, 6.45) is 0. The van der Waals surface area contributed by atoms with E-state index in [9.17, 15) is 4.79 Å². The number of hydrogen-bond donors (Lipinski definition) is 0. The average molecular weight is 283 g/mol. The number of benzene rings is 3. The maximum atomic E-state index is 12.8. The molecule has 104 valence electrons. The van der Waals surface area contributed by atoms with E-state index in [1.165, 1.54) is 0 Å². The number of hydrogen-bond acceptors (Lipinski definition) is 2. The number of ketones is 1. The first-order valence-electron chi connectivity index (χ1n) is 7.21. The monoisotopic (exact) mass is 283 g/mol. The smallest absolute Gasteiger partial charge is 0.195 e. The van der Waals surface area contributed by atoms with Gasteiger partial charge < -0.3 is 0 Å². The molecule has 2 heteroatoms. The van der Waals surface area contributed by atoms with Gasteiger partial charge in [0.15, 0.2) is 5.78 Å². The van der Waals surface area contributed by atoms with Crippen molar-refractivity contribution in [1.29, 1.82) is 0 Å². The third-order valence-corrected chi connectivity index (χ3v) is 3.83. The van der Waals surface area contributed by atoms with Crippen molar-refractivity contribution in [2.45, 2.75) is 0 Å². The lowest BCUT2D eigenvalue weighted by molar-refractivity contribution is 0.104. The minimum atomic E-state index is 0.00832. The molecule has 0 unspecified atom stereocenters. The molecule has 0 radical (unpaired) electrons. The Balaban J connectivity index is 1.98. The minimum Gasteiger partial charge on any atom is -0.289 e. The number of pyridine rings is 1. The quantitative estimate of drug-likeness (QED) is 0.397. The van der Waals surface area contributed by atoms with Gasteiger partial charge in [0, 0.05) is 21.9 Å². The van der Waals surface area contributed by atoms with Crippen LogP contribution in [-0.2, 0) is 0 Å². The molecule has 4 aromatic rings. The number of aromatic nitrogens is 1. The number of para-hydroxylation sites is 2. The van der Waals surface area contributed by atoms with Crippen LogP contribution in [-0.4, -0.2) is 10.8 Å². The van der Waals surface area contributed by atoms with Crippen molar-refractivity contribution in [1.82, 2.24) is 4.98 Å². The van der Waals surface area contributed by atoms with Crippen LogP contribution < -0.4 is 0 Å². The van der Waals surface area contributed by atoms with Crippen molar-refractivity contribution in [3.05, 3.63) is 90.0 Å². The number of carbonyl (C=O) groups excluding carboxylic acids is 1. The fourth-order valence-electron chi connectivity index (χ4n) is 2.73. The molecule has 0 spiro atoms. The fourth-order valence-corrected chi connectivity index (χ4v) is 2.73. The summed E-state index contributed by atoms with van der Waals surface area (Å²) < 4.78 is 0. The van der Waals surface area contributed by atoms with Gasteiger partial charge in [-0.25, -0.2) is 4.98 Å². The Labute approximate surface area is 128 Å². The molecular formula is C20H13NO. The fraction of sp³-hybridized carbons (Fsp3) is 0. The van der Waals surface area contributed by atoms with Gasteiger partial charge in [0.05, 0.1) is 11.0 Å². The first kappa shape index (κ1) is 12.7. The topological polar surface area (TPSA) is 30.0 Å². The molecule has 0 bridgehead atoms. The predicted molar refractivity (Wildman–Crippen MR) is 89.1 cm³/mol. The second kappa shape index (κ2) is 5.08. The van der Waals surface area contributed by atoms with Crippen LogP contribution in [0.5, 0.6) is 0 Å². The van der Waals surface area contributed by atoms with E-state index in [4.69, 9.17) is 4.98 Å². The second-order valence-electron chi connectivity index (χ2n) is 5.25. The molecule has 0 fully saturated rings. The molecule has 0 aliphatic rings. The Hall–Kier alpha value is -3.00. The van der Waals surface area contributed by atoms with E-state index >= 15 is 0 Å². The van der Waals surface area contributed by atoms with Crippen LogP contribution in [0, 0.1) is 0 Å². The standard InChI is InChI=1S/C20H13NO/c22-20(14-7-2-1-3-8-14)17-11-6-10-16-13-15-9-4-5-12-18(15)21-19(16)17/h1-13H. The normalized spacial score (nSPS) is 10.9. The van der Waals surface area contributed by atoms with Crippen molar-refractivity contribution >= 4 is 27.6 Å². The average Bonchev–Trinajstić information content (AvgIpc) is 2.59. The van der Waals surface area contributed by atoms with Crippen molar-refractivity contribution in [3.8, 4) is 0 Å². The molecule has 0 aliphatic carbocycles. The van der Waals surface area contributed by atoms with Crippen molar-refractivity contribution < 1.29 is 4.79 Å². The largest absolute Gasteiger partial charge is 0.289 e. The van der Waals surface area contributed by atoms with Gasteiger partial charge >= 0.3 is 0 Å². The molecular weight excluding hydrogens is 270 g/mol. The highest BCUT2D eigenvalue weighted by atomic mass is 16.1. The molecule has 2 nitrogen and oxygen atoms in total. The van der Waals surface area contributed by atoms with Gasteiger partial charge in [0.2, 0.25) is 0 Å². The Morgan fingerprint density at radius 2 is 1.45 bits per heavy atom. The molecule has 4 rings (SSSR count). The van der Waals surface area contributed by atoms with Crippen LogP contribution in [0.2, 0.25) is 0 Å². The van der Waals surface area contributed by atoms with Crippen LogP contribution >= 0.6 is 0 Å². The number of fused-ring (bicyclic) bond motifs is 2. The van der Waals surface area contributed by atoms with E-state index in [0.717, 1.165) is 21.8 Å². The molecule has 0 amide bonds. The highest BCUT2D eigenvalue weighted by Crippen LogP contribution is 2.24. The number of rotatable bonds is 2. The van der Waals surface area contributed by atoms with E-state index in [0.29, 0.717) is 11.1 Å². The molecule has 0 N–H and O–H groups in total. The SMILES string of the molecule is O=C(c1ccccc1)c1cccc2cc3ccccc3nc12. The summed E-state index contributed by atoms with van der Waals surface area (Å²) >= 11 is 0. The summed E-state index contributed by atoms with van der Waals surface area (Å²) in [5.41, 5.74) is 3.00. The zero-order chi connectivity index (χ0) is 14.9. The Bertz CT molecular complexity index is 990. The molecule has 3 aromatic carbocycles. The summed E-state index contributed by atoms with van der Waals surface area (Å²) in [6.45, 7) is 0. The second-order valence-corrected chi connectivity index (χ2v) is 5.25. The summed E-state index contributed by atoms with van der Waals surface area (Å²) in [7, 11) is 0. The zero-order valence-electron chi connectivity index (χ0n) is 11.9. The summed E-state index contributed by atoms with van der Waals surface area (Å²) in [4.78, 5) is 17.5. The zero-order valence-corrected chi connectivity index (χ0v) is 11.9. The van der Waals surface area contributed by atoms with E-state index in [1.807, 2.05) is 72.8 Å². The van der Waals surface area contributed by atoms with Gasteiger partial charge in [0.1, 0.15) is 0 Å². The minimum absolute atomic E-state index is 0.00832. The Kier molecular flexibility index (Phi) is 2.94. The maximum Gasteiger partial charge on any atom is 0.195 e. The summed E-state index contributed by atoms with van der Waals surface area (Å²) in [6, 6.07) is 25.1. The number of nitrogens with zero attached hydrogens (tertiary/aromatic N) is 1. The van der Waals surface area contributed by atoms with Crippen molar-refractivity contribution in [3.63, 3.8) is 0 Å². The molecule has 1 heterocycles. The predicted octanol–water partition coefficient (Wildman–Crippen LogP) is 4.62.